The smallest absolute Gasteiger partial charge is 0.321 e. The standard InChI is InChI=1S/C27H27N5O2/c33-26(32-10-12-34-13-11-32)29-17-27(15-20-4-1-2-5-21(20)16-27)22-7-3-6-19(14-22)24-23-8-9-28-25(23)31-18-30-24/h1-10,12,14,30H,11,13,15-18H2,(H,28,31)(H,29,33). The molecular formula is C27H27N5O2. The Morgan fingerprint density at radius 3 is 2.76 bits per heavy atom. The van der Waals surface area contributed by atoms with Crippen LogP contribution in [0.4, 0.5) is 4.79 Å². The van der Waals surface area contributed by atoms with E-state index in [2.05, 4.69) is 75.2 Å². The summed E-state index contributed by atoms with van der Waals surface area (Å²) in [5.74, 6) is 0. The lowest BCUT2D eigenvalue weighted by Crippen LogP contribution is -2.47. The predicted octanol–water partition coefficient (Wildman–Crippen LogP) is 1.90. The third kappa shape index (κ3) is 3.63. The fourth-order valence-electron chi connectivity index (χ4n) is 5.30. The molecule has 0 saturated heterocycles. The Kier molecular flexibility index (Phi) is 5.09. The number of carbonyl (C=O) groups excluding carboxylic acids is 1. The number of amides is 2. The maximum absolute atomic E-state index is 12.9. The topological polar surface area (TPSA) is 81.8 Å². The van der Waals surface area contributed by atoms with Crippen molar-refractivity contribution in [3.8, 4) is 0 Å². The van der Waals surface area contributed by atoms with Crippen LogP contribution in [-0.2, 0) is 23.0 Å². The van der Waals surface area contributed by atoms with Crippen molar-refractivity contribution in [3.63, 3.8) is 0 Å². The van der Waals surface area contributed by atoms with Gasteiger partial charge in [-0.15, -0.1) is 0 Å². The molecule has 0 fully saturated rings. The van der Waals surface area contributed by atoms with Crippen LogP contribution >= 0.6 is 0 Å². The second kappa shape index (κ2) is 8.41. The van der Waals surface area contributed by atoms with E-state index in [9.17, 15) is 4.79 Å². The largest absolute Gasteiger partial charge is 0.498 e. The van der Waals surface area contributed by atoms with E-state index in [0.717, 1.165) is 34.8 Å². The van der Waals surface area contributed by atoms with Crippen LogP contribution in [0.3, 0.4) is 0 Å². The monoisotopic (exact) mass is 453 g/mol. The quantitative estimate of drug-likeness (QED) is 0.565. The molecule has 7 heteroatoms. The first-order valence-electron chi connectivity index (χ1n) is 11.7. The van der Waals surface area contributed by atoms with Gasteiger partial charge in [0.15, 0.2) is 0 Å². The fourth-order valence-corrected chi connectivity index (χ4v) is 5.30. The van der Waals surface area contributed by atoms with Crippen molar-refractivity contribution in [2.75, 3.05) is 26.4 Å². The summed E-state index contributed by atoms with van der Waals surface area (Å²) in [5, 5.41) is 7.75. The molecular weight excluding hydrogens is 426 g/mol. The number of ether oxygens (including phenoxy) is 1. The van der Waals surface area contributed by atoms with Gasteiger partial charge in [0, 0.05) is 29.6 Å². The molecule has 2 aromatic carbocycles. The van der Waals surface area contributed by atoms with Gasteiger partial charge >= 0.3 is 6.03 Å². The second-order valence-corrected chi connectivity index (χ2v) is 9.10. The molecule has 34 heavy (non-hydrogen) atoms. The Hall–Kier alpha value is -4.00. The molecule has 6 rings (SSSR count). The van der Waals surface area contributed by atoms with Crippen LogP contribution in [0, 0.1) is 0 Å². The third-order valence-corrected chi connectivity index (χ3v) is 7.05. The lowest BCUT2D eigenvalue weighted by molar-refractivity contribution is 0.166. The van der Waals surface area contributed by atoms with Crippen LogP contribution < -0.4 is 21.3 Å². The van der Waals surface area contributed by atoms with E-state index in [0.29, 0.717) is 26.4 Å². The van der Waals surface area contributed by atoms with Gasteiger partial charge in [-0.05, 0) is 47.2 Å². The van der Waals surface area contributed by atoms with E-state index in [1.165, 1.54) is 16.7 Å². The van der Waals surface area contributed by atoms with Gasteiger partial charge in [-0.1, -0.05) is 42.5 Å². The molecule has 1 aliphatic carbocycles. The van der Waals surface area contributed by atoms with Gasteiger partial charge in [-0.3, -0.25) is 4.90 Å². The van der Waals surface area contributed by atoms with Gasteiger partial charge in [-0.2, -0.15) is 0 Å². The SMILES string of the molecule is O=C(NCC1(c2cccc(C3=c4cc[nH]c4=NCN3)c2)Cc2ccccc2C1)N1C=COCC1. The number of aromatic amines is 1. The molecule has 3 heterocycles. The van der Waals surface area contributed by atoms with Gasteiger partial charge in [0.1, 0.15) is 18.8 Å². The normalized spacial score (nSPS) is 17.8. The van der Waals surface area contributed by atoms with E-state index >= 15 is 0 Å². The van der Waals surface area contributed by atoms with Crippen molar-refractivity contribution in [1.29, 1.82) is 0 Å². The average molecular weight is 454 g/mol. The summed E-state index contributed by atoms with van der Waals surface area (Å²) in [5.41, 5.74) is 6.84. The molecule has 2 aliphatic heterocycles. The van der Waals surface area contributed by atoms with Crippen LogP contribution in [0.25, 0.3) is 5.70 Å². The van der Waals surface area contributed by atoms with E-state index in [1.807, 2.05) is 6.20 Å². The Bertz CT molecular complexity index is 1360. The summed E-state index contributed by atoms with van der Waals surface area (Å²) >= 11 is 0. The number of aromatic nitrogens is 1. The van der Waals surface area contributed by atoms with E-state index in [1.54, 1.807) is 17.4 Å². The molecule has 2 amide bonds. The lowest BCUT2D eigenvalue weighted by atomic mass is 9.77. The number of urea groups is 1. The predicted molar refractivity (Wildman–Crippen MR) is 129 cm³/mol. The molecule has 0 unspecified atom stereocenters. The fraction of sp³-hybridized carbons (Fsp3) is 0.259. The van der Waals surface area contributed by atoms with Crippen molar-refractivity contribution in [1.82, 2.24) is 20.5 Å². The molecule has 7 nitrogen and oxygen atoms in total. The Morgan fingerprint density at radius 2 is 1.97 bits per heavy atom. The van der Waals surface area contributed by atoms with E-state index < -0.39 is 0 Å². The minimum Gasteiger partial charge on any atom is -0.498 e. The van der Waals surface area contributed by atoms with Crippen molar-refractivity contribution >= 4 is 11.7 Å². The molecule has 3 N–H and O–H groups in total. The zero-order valence-electron chi connectivity index (χ0n) is 18.9. The van der Waals surface area contributed by atoms with Gasteiger partial charge < -0.3 is 20.4 Å². The highest BCUT2D eigenvalue weighted by Gasteiger charge is 2.39. The molecule has 0 saturated carbocycles. The van der Waals surface area contributed by atoms with Crippen molar-refractivity contribution in [3.05, 3.63) is 106 Å². The van der Waals surface area contributed by atoms with Crippen molar-refractivity contribution in [2.24, 2.45) is 4.99 Å². The van der Waals surface area contributed by atoms with Crippen molar-refractivity contribution < 1.29 is 9.53 Å². The first-order valence-corrected chi connectivity index (χ1v) is 11.7. The van der Waals surface area contributed by atoms with Gasteiger partial charge in [-0.25, -0.2) is 9.79 Å². The molecule has 0 radical (unpaired) electrons. The first-order chi connectivity index (χ1) is 16.7. The number of rotatable bonds is 4. The Labute approximate surface area is 197 Å². The van der Waals surface area contributed by atoms with Crippen LogP contribution in [-0.4, -0.2) is 42.3 Å². The minimum atomic E-state index is -0.216. The highest BCUT2D eigenvalue weighted by Crippen LogP contribution is 2.40. The number of H-pyrrole nitrogens is 1. The first kappa shape index (κ1) is 20.6. The number of hydrogen-bond acceptors (Lipinski definition) is 4. The third-order valence-electron chi connectivity index (χ3n) is 7.05. The summed E-state index contributed by atoms with van der Waals surface area (Å²) in [6, 6.07) is 19.3. The molecule has 0 spiro atoms. The summed E-state index contributed by atoms with van der Waals surface area (Å²) in [7, 11) is 0. The summed E-state index contributed by atoms with van der Waals surface area (Å²) in [4.78, 5) is 22.3. The Morgan fingerprint density at radius 1 is 1.12 bits per heavy atom. The lowest BCUT2D eigenvalue weighted by Gasteiger charge is -2.32. The number of nitrogens with zero attached hydrogens (tertiary/aromatic N) is 2. The van der Waals surface area contributed by atoms with Gasteiger partial charge in [0.05, 0.1) is 18.5 Å². The molecule has 3 aromatic rings. The van der Waals surface area contributed by atoms with Gasteiger partial charge in [0.2, 0.25) is 0 Å². The molecule has 3 aliphatic rings. The Balaban J connectivity index is 1.37. The summed E-state index contributed by atoms with van der Waals surface area (Å²) in [6.07, 6.45) is 6.97. The highest BCUT2D eigenvalue weighted by molar-refractivity contribution is 5.75. The maximum atomic E-state index is 12.9. The van der Waals surface area contributed by atoms with Crippen LogP contribution in [0.1, 0.15) is 22.3 Å². The van der Waals surface area contributed by atoms with E-state index in [-0.39, 0.29) is 11.4 Å². The van der Waals surface area contributed by atoms with Crippen LogP contribution in [0.15, 0.2) is 78.2 Å². The van der Waals surface area contributed by atoms with Gasteiger partial charge in [0.25, 0.3) is 0 Å². The van der Waals surface area contributed by atoms with Crippen LogP contribution in [0.2, 0.25) is 0 Å². The molecule has 0 atom stereocenters. The van der Waals surface area contributed by atoms with Crippen molar-refractivity contribution in [2.45, 2.75) is 18.3 Å². The highest BCUT2D eigenvalue weighted by atomic mass is 16.5. The summed E-state index contributed by atoms with van der Waals surface area (Å²) < 4.78 is 5.23. The average Bonchev–Trinajstić information content (AvgIpc) is 3.53. The molecule has 172 valence electrons. The molecule has 1 aromatic heterocycles. The maximum Gasteiger partial charge on any atom is 0.321 e. The number of nitrogens with one attached hydrogen (secondary N) is 3. The minimum absolute atomic E-state index is 0.0899. The molecule has 0 bridgehead atoms. The number of hydrogen-bond donors (Lipinski definition) is 3. The van der Waals surface area contributed by atoms with E-state index in [4.69, 9.17) is 4.74 Å². The number of benzene rings is 2. The van der Waals surface area contributed by atoms with Crippen LogP contribution in [0.5, 0.6) is 0 Å². The number of carbonyl (C=O) groups is 1. The number of fused-ring (bicyclic) bond motifs is 2. The second-order valence-electron chi connectivity index (χ2n) is 9.10. The zero-order chi connectivity index (χ0) is 23.0. The zero-order valence-corrected chi connectivity index (χ0v) is 18.9. The summed E-state index contributed by atoms with van der Waals surface area (Å²) in [6.45, 7) is 2.18.